The lowest BCUT2D eigenvalue weighted by Crippen LogP contribution is -2.31. The van der Waals surface area contributed by atoms with Crippen LogP contribution in [-0.2, 0) is 0 Å². The first-order valence-corrected chi connectivity index (χ1v) is 6.09. The van der Waals surface area contributed by atoms with E-state index in [-0.39, 0.29) is 0 Å². The van der Waals surface area contributed by atoms with Gasteiger partial charge in [-0.25, -0.2) is 0 Å². The van der Waals surface area contributed by atoms with E-state index in [1.807, 2.05) is 12.1 Å². The second-order valence-corrected chi connectivity index (χ2v) is 4.69. The van der Waals surface area contributed by atoms with Crippen molar-refractivity contribution in [3.63, 3.8) is 0 Å². The van der Waals surface area contributed by atoms with Crippen LogP contribution in [0.15, 0.2) is 22.8 Å². The van der Waals surface area contributed by atoms with E-state index in [4.69, 9.17) is 4.42 Å². The lowest BCUT2D eigenvalue weighted by molar-refractivity contribution is 0.361. The van der Waals surface area contributed by atoms with Crippen molar-refractivity contribution in [2.24, 2.45) is 5.92 Å². The molecule has 15 heavy (non-hydrogen) atoms. The maximum Gasteiger partial charge on any atom is 0.120 e. The van der Waals surface area contributed by atoms with Crippen LogP contribution >= 0.6 is 0 Å². The van der Waals surface area contributed by atoms with Crippen LogP contribution in [0.4, 0.5) is 0 Å². The number of hydrogen-bond acceptors (Lipinski definition) is 2. The van der Waals surface area contributed by atoms with E-state index in [2.05, 4.69) is 19.2 Å². The Balaban J connectivity index is 1.82. The minimum Gasteiger partial charge on any atom is -0.468 e. The van der Waals surface area contributed by atoms with Crippen LogP contribution in [0.3, 0.4) is 0 Å². The molecule has 1 fully saturated rings. The summed E-state index contributed by atoms with van der Waals surface area (Å²) in [5, 5.41) is 3.65. The van der Waals surface area contributed by atoms with Crippen molar-refractivity contribution in [3.8, 4) is 0 Å². The molecule has 2 unspecified atom stereocenters. The molecule has 2 atom stereocenters. The molecule has 0 saturated heterocycles. The largest absolute Gasteiger partial charge is 0.468 e. The summed E-state index contributed by atoms with van der Waals surface area (Å²) in [6.45, 7) is 4.43. The predicted molar refractivity (Wildman–Crippen MR) is 61.7 cm³/mol. The molecule has 1 N–H and O–H groups in total. The van der Waals surface area contributed by atoms with Gasteiger partial charge in [0.25, 0.3) is 0 Å². The normalized spacial score (nSPS) is 20.1. The van der Waals surface area contributed by atoms with Gasteiger partial charge in [0.2, 0.25) is 0 Å². The van der Waals surface area contributed by atoms with Gasteiger partial charge in [0.15, 0.2) is 0 Å². The van der Waals surface area contributed by atoms with Crippen molar-refractivity contribution >= 4 is 0 Å². The Morgan fingerprint density at radius 2 is 2.33 bits per heavy atom. The smallest absolute Gasteiger partial charge is 0.120 e. The van der Waals surface area contributed by atoms with Crippen LogP contribution in [0.2, 0.25) is 0 Å². The monoisotopic (exact) mass is 207 g/mol. The SMILES string of the molecule is CCC(CC1CC1)NC(C)c1ccco1. The van der Waals surface area contributed by atoms with Gasteiger partial charge in [0, 0.05) is 6.04 Å². The first-order chi connectivity index (χ1) is 7.29. The van der Waals surface area contributed by atoms with E-state index in [1.54, 1.807) is 6.26 Å². The van der Waals surface area contributed by atoms with Crippen molar-refractivity contribution < 1.29 is 4.42 Å². The Labute approximate surface area is 92.1 Å². The highest BCUT2D eigenvalue weighted by Crippen LogP contribution is 2.34. The van der Waals surface area contributed by atoms with Gasteiger partial charge in [0.1, 0.15) is 5.76 Å². The van der Waals surface area contributed by atoms with Gasteiger partial charge in [-0.05, 0) is 37.8 Å². The number of hydrogen-bond donors (Lipinski definition) is 1. The van der Waals surface area contributed by atoms with Crippen LogP contribution in [0, 0.1) is 5.92 Å². The number of nitrogens with one attached hydrogen (secondary N) is 1. The first-order valence-electron chi connectivity index (χ1n) is 6.09. The van der Waals surface area contributed by atoms with E-state index in [0.717, 1.165) is 11.7 Å². The van der Waals surface area contributed by atoms with E-state index in [9.17, 15) is 0 Å². The molecule has 0 bridgehead atoms. The summed E-state index contributed by atoms with van der Waals surface area (Å²) in [6.07, 6.45) is 7.17. The zero-order valence-electron chi connectivity index (χ0n) is 9.70. The van der Waals surface area contributed by atoms with Crippen molar-refractivity contribution in [1.82, 2.24) is 5.32 Å². The van der Waals surface area contributed by atoms with E-state index < -0.39 is 0 Å². The molecule has 1 aromatic rings. The molecule has 1 aliphatic carbocycles. The molecule has 1 saturated carbocycles. The Morgan fingerprint density at radius 3 is 2.87 bits per heavy atom. The topological polar surface area (TPSA) is 25.2 Å². The third-order valence-corrected chi connectivity index (χ3v) is 3.26. The predicted octanol–water partition coefficient (Wildman–Crippen LogP) is 3.51. The molecule has 2 heteroatoms. The minimum atomic E-state index is 0.337. The third kappa shape index (κ3) is 3.10. The Bertz CT molecular complexity index is 277. The van der Waals surface area contributed by atoms with Crippen LogP contribution in [-0.4, -0.2) is 6.04 Å². The molecule has 2 rings (SSSR count). The molecule has 1 aliphatic rings. The lowest BCUT2D eigenvalue weighted by atomic mass is 10.1. The van der Waals surface area contributed by atoms with Gasteiger partial charge in [-0.2, -0.15) is 0 Å². The van der Waals surface area contributed by atoms with Gasteiger partial charge >= 0.3 is 0 Å². The summed E-state index contributed by atoms with van der Waals surface area (Å²) in [6, 6.07) is 4.98. The fourth-order valence-electron chi connectivity index (χ4n) is 2.08. The van der Waals surface area contributed by atoms with Crippen molar-refractivity contribution in [2.45, 2.75) is 51.6 Å². The zero-order valence-corrected chi connectivity index (χ0v) is 9.70. The highest BCUT2D eigenvalue weighted by Gasteiger charge is 2.25. The van der Waals surface area contributed by atoms with Crippen molar-refractivity contribution in [3.05, 3.63) is 24.2 Å². The van der Waals surface area contributed by atoms with Gasteiger partial charge in [-0.1, -0.05) is 19.8 Å². The van der Waals surface area contributed by atoms with E-state index >= 15 is 0 Å². The molecular formula is C13H21NO. The van der Waals surface area contributed by atoms with Gasteiger partial charge in [-0.3, -0.25) is 0 Å². The van der Waals surface area contributed by atoms with Gasteiger partial charge < -0.3 is 9.73 Å². The third-order valence-electron chi connectivity index (χ3n) is 3.26. The van der Waals surface area contributed by atoms with E-state index in [0.29, 0.717) is 12.1 Å². The highest BCUT2D eigenvalue weighted by atomic mass is 16.3. The summed E-state index contributed by atoms with van der Waals surface area (Å²) in [7, 11) is 0. The molecule has 1 aromatic heterocycles. The Hall–Kier alpha value is -0.760. The molecule has 84 valence electrons. The second-order valence-electron chi connectivity index (χ2n) is 4.69. The van der Waals surface area contributed by atoms with Crippen LogP contribution in [0.5, 0.6) is 0 Å². The number of furan rings is 1. The fraction of sp³-hybridized carbons (Fsp3) is 0.692. The van der Waals surface area contributed by atoms with Crippen LogP contribution in [0.25, 0.3) is 0 Å². The molecular weight excluding hydrogens is 186 g/mol. The highest BCUT2D eigenvalue weighted by molar-refractivity contribution is 5.03. The average Bonchev–Trinajstić information content (AvgIpc) is 2.88. The average molecular weight is 207 g/mol. The fourth-order valence-corrected chi connectivity index (χ4v) is 2.08. The maximum absolute atomic E-state index is 5.40. The summed E-state index contributed by atoms with van der Waals surface area (Å²) in [5.74, 6) is 2.04. The van der Waals surface area contributed by atoms with Crippen LogP contribution < -0.4 is 5.32 Å². The molecule has 0 aliphatic heterocycles. The van der Waals surface area contributed by atoms with Crippen LogP contribution in [0.1, 0.15) is 51.3 Å². The van der Waals surface area contributed by atoms with Gasteiger partial charge in [-0.15, -0.1) is 0 Å². The number of rotatable bonds is 6. The molecule has 1 heterocycles. The molecule has 0 radical (unpaired) electrons. The minimum absolute atomic E-state index is 0.337. The summed E-state index contributed by atoms with van der Waals surface area (Å²) >= 11 is 0. The zero-order chi connectivity index (χ0) is 10.7. The first kappa shape index (κ1) is 10.7. The Kier molecular flexibility index (Phi) is 3.47. The summed E-state index contributed by atoms with van der Waals surface area (Å²) in [4.78, 5) is 0. The van der Waals surface area contributed by atoms with Crippen molar-refractivity contribution in [2.75, 3.05) is 0 Å². The summed E-state index contributed by atoms with van der Waals surface area (Å²) < 4.78 is 5.40. The van der Waals surface area contributed by atoms with Crippen molar-refractivity contribution in [1.29, 1.82) is 0 Å². The standard InChI is InChI=1S/C13H21NO/c1-3-12(9-11-6-7-11)14-10(2)13-5-4-8-15-13/h4-5,8,10-12,14H,3,6-7,9H2,1-2H3. The maximum atomic E-state index is 5.40. The molecule has 0 spiro atoms. The Morgan fingerprint density at radius 1 is 1.53 bits per heavy atom. The molecule has 2 nitrogen and oxygen atoms in total. The lowest BCUT2D eigenvalue weighted by Gasteiger charge is -2.20. The quantitative estimate of drug-likeness (QED) is 0.772. The van der Waals surface area contributed by atoms with Gasteiger partial charge in [0.05, 0.1) is 12.3 Å². The molecule has 0 aromatic carbocycles. The molecule has 0 amide bonds. The summed E-state index contributed by atoms with van der Waals surface area (Å²) in [5.41, 5.74) is 0. The van der Waals surface area contributed by atoms with E-state index in [1.165, 1.54) is 25.7 Å². The second kappa shape index (κ2) is 4.84.